The Balaban J connectivity index is 1.69. The van der Waals surface area contributed by atoms with Crippen molar-refractivity contribution in [1.82, 2.24) is 0 Å². The summed E-state index contributed by atoms with van der Waals surface area (Å²) in [7, 11) is 0. The fourth-order valence-corrected chi connectivity index (χ4v) is 0.664. The molecule has 0 spiro atoms. The van der Waals surface area contributed by atoms with Gasteiger partial charge in [-0.3, -0.25) is 0 Å². The van der Waals surface area contributed by atoms with Crippen molar-refractivity contribution >= 4 is 0 Å². The Hall–Kier alpha value is -0.380. The first-order valence-electron chi connectivity index (χ1n) is 3.81. The summed E-state index contributed by atoms with van der Waals surface area (Å²) in [5, 5.41) is 0. The molecule has 3 heteroatoms. The molecule has 11 heavy (non-hydrogen) atoms. The van der Waals surface area contributed by atoms with E-state index >= 15 is 0 Å². The minimum Gasteiger partial charge on any atom is -0.376 e. The maximum atomic E-state index is 5.22. The molecule has 1 aliphatic heterocycles. The number of hydrogen-bond acceptors (Lipinski definition) is 3. The van der Waals surface area contributed by atoms with E-state index in [4.69, 9.17) is 14.2 Å². The average molecular weight is 158 g/mol. The minimum absolute atomic E-state index is 0.356. The summed E-state index contributed by atoms with van der Waals surface area (Å²) < 4.78 is 15.3. The standard InChI is InChI=1S/C8H14O3/c1-2-3-9-4-5-10-6-8-7-11-8/h2,8H,1,3-7H2. The number of hydrogen-bond donors (Lipinski definition) is 0. The van der Waals surface area contributed by atoms with Crippen molar-refractivity contribution in [1.29, 1.82) is 0 Å². The first-order chi connectivity index (χ1) is 5.43. The van der Waals surface area contributed by atoms with Gasteiger partial charge in [0, 0.05) is 0 Å². The zero-order chi connectivity index (χ0) is 7.94. The van der Waals surface area contributed by atoms with Gasteiger partial charge in [0.15, 0.2) is 0 Å². The van der Waals surface area contributed by atoms with Gasteiger partial charge >= 0.3 is 0 Å². The lowest BCUT2D eigenvalue weighted by atomic mass is 10.5. The van der Waals surface area contributed by atoms with Crippen LogP contribution in [0.25, 0.3) is 0 Å². The largest absolute Gasteiger partial charge is 0.376 e. The Morgan fingerprint density at radius 2 is 2.18 bits per heavy atom. The molecule has 1 heterocycles. The molecule has 0 N–H and O–H groups in total. The second-order valence-corrected chi connectivity index (χ2v) is 2.39. The normalized spacial score (nSPS) is 21.6. The van der Waals surface area contributed by atoms with E-state index < -0.39 is 0 Å². The Kier molecular flexibility index (Phi) is 4.19. The molecule has 64 valence electrons. The summed E-state index contributed by atoms with van der Waals surface area (Å²) in [5.41, 5.74) is 0. The van der Waals surface area contributed by atoms with Crippen molar-refractivity contribution in [3.8, 4) is 0 Å². The lowest BCUT2D eigenvalue weighted by Crippen LogP contribution is -2.08. The van der Waals surface area contributed by atoms with Gasteiger partial charge in [-0.2, -0.15) is 0 Å². The molecule has 1 unspecified atom stereocenters. The Morgan fingerprint density at radius 1 is 1.45 bits per heavy atom. The van der Waals surface area contributed by atoms with Gasteiger partial charge in [0.25, 0.3) is 0 Å². The van der Waals surface area contributed by atoms with Crippen LogP contribution in [0, 0.1) is 0 Å². The quantitative estimate of drug-likeness (QED) is 0.309. The van der Waals surface area contributed by atoms with E-state index in [0.717, 1.165) is 6.61 Å². The van der Waals surface area contributed by atoms with Crippen LogP contribution in [0.2, 0.25) is 0 Å². The molecular formula is C8H14O3. The minimum atomic E-state index is 0.356. The first kappa shape index (κ1) is 8.71. The highest BCUT2D eigenvalue weighted by Crippen LogP contribution is 2.07. The van der Waals surface area contributed by atoms with Crippen molar-refractivity contribution in [3.05, 3.63) is 12.7 Å². The smallest absolute Gasteiger partial charge is 0.104 e. The molecule has 0 aromatic rings. The summed E-state index contributed by atoms with van der Waals surface area (Å²) in [6.07, 6.45) is 2.08. The van der Waals surface area contributed by atoms with Gasteiger partial charge in [0.1, 0.15) is 6.10 Å². The van der Waals surface area contributed by atoms with Gasteiger partial charge in [-0.25, -0.2) is 0 Å². The van der Waals surface area contributed by atoms with E-state index in [2.05, 4.69) is 6.58 Å². The highest BCUT2D eigenvalue weighted by molar-refractivity contribution is 4.67. The lowest BCUT2D eigenvalue weighted by Gasteiger charge is -2.01. The van der Waals surface area contributed by atoms with Crippen molar-refractivity contribution in [2.45, 2.75) is 6.10 Å². The van der Waals surface area contributed by atoms with Crippen molar-refractivity contribution < 1.29 is 14.2 Å². The summed E-state index contributed by atoms with van der Waals surface area (Å²) in [4.78, 5) is 0. The SMILES string of the molecule is C=CCOCCOCC1CO1. The van der Waals surface area contributed by atoms with Crippen LogP contribution in [0.15, 0.2) is 12.7 Å². The fourth-order valence-electron chi connectivity index (χ4n) is 0.664. The van der Waals surface area contributed by atoms with Gasteiger partial charge < -0.3 is 14.2 Å². The molecular weight excluding hydrogens is 144 g/mol. The molecule has 0 aromatic carbocycles. The predicted octanol–water partition coefficient (Wildman–Crippen LogP) is 0.604. The van der Waals surface area contributed by atoms with Gasteiger partial charge in [0.05, 0.1) is 33.0 Å². The van der Waals surface area contributed by atoms with E-state index in [1.54, 1.807) is 6.08 Å². The van der Waals surface area contributed by atoms with E-state index in [0.29, 0.717) is 32.5 Å². The molecule has 1 rings (SSSR count). The maximum Gasteiger partial charge on any atom is 0.104 e. The van der Waals surface area contributed by atoms with Gasteiger partial charge in [-0.15, -0.1) is 6.58 Å². The zero-order valence-corrected chi connectivity index (χ0v) is 6.62. The molecule has 1 atom stereocenters. The molecule has 0 saturated carbocycles. The van der Waals surface area contributed by atoms with Crippen LogP contribution in [0.3, 0.4) is 0 Å². The highest BCUT2D eigenvalue weighted by atomic mass is 16.6. The van der Waals surface area contributed by atoms with Gasteiger partial charge in [0.2, 0.25) is 0 Å². The highest BCUT2D eigenvalue weighted by Gasteiger charge is 2.21. The van der Waals surface area contributed by atoms with Crippen molar-refractivity contribution in [3.63, 3.8) is 0 Å². The van der Waals surface area contributed by atoms with Crippen LogP contribution >= 0.6 is 0 Å². The van der Waals surface area contributed by atoms with Crippen LogP contribution in [0.4, 0.5) is 0 Å². The molecule has 1 fully saturated rings. The summed E-state index contributed by atoms with van der Waals surface area (Å²) in [5.74, 6) is 0. The third kappa shape index (κ3) is 4.95. The van der Waals surface area contributed by atoms with Gasteiger partial charge in [-0.05, 0) is 0 Å². The number of rotatable bonds is 7. The third-order valence-corrected chi connectivity index (χ3v) is 1.31. The Labute approximate surface area is 66.9 Å². The summed E-state index contributed by atoms with van der Waals surface area (Å²) in [6.45, 7) is 6.98. The zero-order valence-electron chi connectivity index (χ0n) is 6.62. The summed E-state index contributed by atoms with van der Waals surface area (Å²) >= 11 is 0. The second kappa shape index (κ2) is 5.29. The van der Waals surface area contributed by atoms with Crippen LogP contribution in [-0.2, 0) is 14.2 Å². The van der Waals surface area contributed by atoms with Crippen LogP contribution in [0.5, 0.6) is 0 Å². The number of epoxide rings is 1. The molecule has 3 nitrogen and oxygen atoms in total. The molecule has 0 radical (unpaired) electrons. The van der Waals surface area contributed by atoms with Gasteiger partial charge in [-0.1, -0.05) is 6.08 Å². The average Bonchev–Trinajstić information content (AvgIpc) is 2.80. The monoisotopic (exact) mass is 158 g/mol. The topological polar surface area (TPSA) is 31.0 Å². The lowest BCUT2D eigenvalue weighted by molar-refractivity contribution is 0.0515. The number of ether oxygens (including phenoxy) is 3. The molecule has 0 aliphatic carbocycles. The molecule has 0 amide bonds. The van der Waals surface area contributed by atoms with Crippen LogP contribution in [-0.4, -0.2) is 39.1 Å². The fraction of sp³-hybridized carbons (Fsp3) is 0.750. The predicted molar refractivity (Wildman–Crippen MR) is 41.6 cm³/mol. The molecule has 1 saturated heterocycles. The molecule has 0 aromatic heterocycles. The van der Waals surface area contributed by atoms with Crippen molar-refractivity contribution in [2.75, 3.05) is 33.0 Å². The second-order valence-electron chi connectivity index (χ2n) is 2.39. The van der Waals surface area contributed by atoms with E-state index in [9.17, 15) is 0 Å². The van der Waals surface area contributed by atoms with Crippen molar-refractivity contribution in [2.24, 2.45) is 0 Å². The van der Waals surface area contributed by atoms with E-state index in [-0.39, 0.29) is 0 Å². The summed E-state index contributed by atoms with van der Waals surface area (Å²) in [6, 6.07) is 0. The maximum absolute atomic E-state index is 5.22. The molecule has 0 bridgehead atoms. The molecule has 1 aliphatic rings. The Morgan fingerprint density at radius 3 is 2.82 bits per heavy atom. The Bertz CT molecular complexity index is 110. The van der Waals surface area contributed by atoms with E-state index in [1.807, 2.05) is 0 Å². The third-order valence-electron chi connectivity index (χ3n) is 1.31. The van der Waals surface area contributed by atoms with Crippen LogP contribution in [0.1, 0.15) is 0 Å². The van der Waals surface area contributed by atoms with E-state index in [1.165, 1.54) is 0 Å². The first-order valence-corrected chi connectivity index (χ1v) is 3.81. The van der Waals surface area contributed by atoms with Crippen LogP contribution < -0.4 is 0 Å².